The van der Waals surface area contributed by atoms with E-state index in [2.05, 4.69) is 39.2 Å². The number of esters is 1. The fourth-order valence-corrected chi connectivity index (χ4v) is 4.58. The minimum absolute atomic E-state index is 0.243. The van der Waals surface area contributed by atoms with Crippen LogP contribution in [0.1, 0.15) is 48.5 Å². The van der Waals surface area contributed by atoms with Gasteiger partial charge in [-0.15, -0.1) is 0 Å². The largest absolute Gasteiger partial charge is 0.490 e. The minimum Gasteiger partial charge on any atom is -0.490 e. The van der Waals surface area contributed by atoms with Gasteiger partial charge in [-0.3, -0.25) is 4.68 Å². The number of hydrogen-bond donors (Lipinski definition) is 0. The lowest BCUT2D eigenvalue weighted by Crippen LogP contribution is -2.26. The van der Waals surface area contributed by atoms with Crippen LogP contribution in [-0.2, 0) is 11.3 Å². The summed E-state index contributed by atoms with van der Waals surface area (Å²) >= 11 is 0. The third kappa shape index (κ3) is 5.02. The molecule has 5 rings (SSSR count). The van der Waals surface area contributed by atoms with Crippen molar-refractivity contribution in [2.45, 2.75) is 52.2 Å². The number of rotatable bonds is 8. The molecule has 0 bridgehead atoms. The van der Waals surface area contributed by atoms with Gasteiger partial charge in [0.25, 0.3) is 5.95 Å². The highest BCUT2D eigenvalue weighted by molar-refractivity contribution is 5.88. The number of carbonyl (C=O) groups excluding carboxylic acids is 1. The van der Waals surface area contributed by atoms with Crippen LogP contribution in [0.2, 0.25) is 0 Å². The highest BCUT2D eigenvalue weighted by atomic mass is 16.5. The molecule has 1 saturated carbocycles. The average Bonchev–Trinajstić information content (AvgIpc) is 3.54. The molecule has 1 aliphatic rings. The van der Waals surface area contributed by atoms with Crippen LogP contribution in [0.15, 0.2) is 42.9 Å². The molecule has 1 aromatic carbocycles. The van der Waals surface area contributed by atoms with E-state index < -0.39 is 5.97 Å². The first-order valence-corrected chi connectivity index (χ1v) is 12.3. The number of hydrogen-bond acceptors (Lipinski definition) is 8. The number of ether oxygens (including phenoxy) is 3. The van der Waals surface area contributed by atoms with Crippen LogP contribution in [-0.4, -0.2) is 55.3 Å². The first-order valence-electron chi connectivity index (χ1n) is 12.3. The number of aryl methyl sites for hydroxylation is 1. The van der Waals surface area contributed by atoms with E-state index >= 15 is 0 Å². The Morgan fingerprint density at radius 2 is 1.83 bits per heavy atom. The molecule has 3 aromatic heterocycles. The summed E-state index contributed by atoms with van der Waals surface area (Å²) in [6.07, 6.45) is 9.07. The topological polar surface area (TPSA) is 106 Å². The number of benzene rings is 1. The van der Waals surface area contributed by atoms with Gasteiger partial charge in [-0.25, -0.2) is 14.5 Å². The Hall–Kier alpha value is -3.95. The number of methoxy groups -OCH3 is 1. The van der Waals surface area contributed by atoms with E-state index in [1.165, 1.54) is 16.4 Å². The standard InChI is InChI=1S/C26H30N6O4/c1-4-35-25(33)19-13-27-32(16-19)26-29-22-14-28-31(23(22)24(30-26)34-3)15-18-7-11-21(12-8-18)36-20-9-5-17(2)6-10-20/h5-6,9-10,13-14,16,18,21H,4,7-8,11-12,15H2,1-3H3. The van der Waals surface area contributed by atoms with E-state index in [-0.39, 0.29) is 6.10 Å². The summed E-state index contributed by atoms with van der Waals surface area (Å²) in [5, 5.41) is 8.79. The molecule has 36 heavy (non-hydrogen) atoms. The molecule has 0 N–H and O–H groups in total. The molecule has 188 valence electrons. The van der Waals surface area contributed by atoms with Gasteiger partial charge < -0.3 is 14.2 Å². The number of aromatic nitrogens is 6. The molecule has 0 atom stereocenters. The van der Waals surface area contributed by atoms with Gasteiger partial charge in [-0.1, -0.05) is 17.7 Å². The van der Waals surface area contributed by atoms with Crippen LogP contribution in [0, 0.1) is 12.8 Å². The van der Waals surface area contributed by atoms with Gasteiger partial charge >= 0.3 is 5.97 Å². The third-order valence-corrected chi connectivity index (χ3v) is 6.49. The lowest BCUT2D eigenvalue weighted by atomic mass is 9.87. The summed E-state index contributed by atoms with van der Waals surface area (Å²) in [5.74, 6) is 1.68. The molecule has 0 amide bonds. The first-order chi connectivity index (χ1) is 17.5. The second kappa shape index (κ2) is 10.3. The van der Waals surface area contributed by atoms with Gasteiger partial charge in [0.05, 0.1) is 37.8 Å². The second-order valence-electron chi connectivity index (χ2n) is 9.06. The molecule has 0 saturated heterocycles. The van der Waals surface area contributed by atoms with Crippen molar-refractivity contribution < 1.29 is 19.0 Å². The van der Waals surface area contributed by atoms with Crippen molar-refractivity contribution in [2.24, 2.45) is 5.92 Å². The van der Waals surface area contributed by atoms with Gasteiger partial charge in [0.15, 0.2) is 0 Å². The van der Waals surface area contributed by atoms with Gasteiger partial charge in [-0.05, 0) is 57.6 Å². The summed E-state index contributed by atoms with van der Waals surface area (Å²) < 4.78 is 20.2. The Balaban J connectivity index is 1.28. The van der Waals surface area contributed by atoms with Crippen molar-refractivity contribution >= 4 is 17.0 Å². The summed E-state index contributed by atoms with van der Waals surface area (Å²) in [7, 11) is 1.57. The molecule has 4 aromatic rings. The van der Waals surface area contributed by atoms with Crippen molar-refractivity contribution in [2.75, 3.05) is 13.7 Å². The minimum atomic E-state index is -0.441. The molecular weight excluding hydrogens is 460 g/mol. The highest BCUT2D eigenvalue weighted by Gasteiger charge is 2.25. The first kappa shape index (κ1) is 23.8. The molecule has 1 aliphatic carbocycles. The smallest absolute Gasteiger partial charge is 0.341 e. The van der Waals surface area contributed by atoms with Crippen molar-refractivity contribution in [3.8, 4) is 17.6 Å². The Bertz CT molecular complexity index is 1340. The van der Waals surface area contributed by atoms with E-state index in [0.29, 0.717) is 35.4 Å². The molecular formula is C26H30N6O4. The Kier molecular flexibility index (Phi) is 6.84. The predicted octanol–water partition coefficient (Wildman–Crippen LogP) is 4.14. The molecule has 0 spiro atoms. The monoisotopic (exact) mass is 490 g/mol. The Morgan fingerprint density at radius 3 is 2.56 bits per heavy atom. The van der Waals surface area contributed by atoms with Crippen LogP contribution in [0.5, 0.6) is 11.6 Å². The van der Waals surface area contributed by atoms with Crippen molar-refractivity contribution in [1.82, 2.24) is 29.5 Å². The predicted molar refractivity (Wildman–Crippen MR) is 133 cm³/mol. The van der Waals surface area contributed by atoms with Crippen molar-refractivity contribution in [3.63, 3.8) is 0 Å². The third-order valence-electron chi connectivity index (χ3n) is 6.49. The molecule has 0 aliphatic heterocycles. The van der Waals surface area contributed by atoms with E-state index in [1.807, 2.05) is 16.8 Å². The molecule has 3 heterocycles. The van der Waals surface area contributed by atoms with E-state index in [0.717, 1.165) is 43.5 Å². The van der Waals surface area contributed by atoms with Gasteiger partial charge in [0.2, 0.25) is 5.88 Å². The maximum atomic E-state index is 12.0. The SMILES string of the molecule is CCOC(=O)c1cnn(-c2nc(OC)c3c(cnn3CC3CCC(Oc4ccc(C)cc4)CC3)n2)c1. The number of nitrogens with zero attached hydrogens (tertiary/aromatic N) is 6. The quantitative estimate of drug-likeness (QED) is 0.339. The average molecular weight is 491 g/mol. The Morgan fingerprint density at radius 1 is 1.06 bits per heavy atom. The van der Waals surface area contributed by atoms with Crippen LogP contribution < -0.4 is 9.47 Å². The molecule has 10 nitrogen and oxygen atoms in total. The molecule has 0 unspecified atom stereocenters. The Labute approximate surface area is 209 Å². The summed E-state index contributed by atoms with van der Waals surface area (Å²) in [6, 6.07) is 8.24. The summed E-state index contributed by atoms with van der Waals surface area (Å²) in [6.45, 7) is 4.89. The maximum absolute atomic E-state index is 12.0. The van der Waals surface area contributed by atoms with Crippen molar-refractivity contribution in [1.29, 1.82) is 0 Å². The zero-order valence-corrected chi connectivity index (χ0v) is 20.8. The zero-order chi connectivity index (χ0) is 25.1. The van der Waals surface area contributed by atoms with Gasteiger partial charge in [0.1, 0.15) is 16.8 Å². The number of fused-ring (bicyclic) bond motifs is 1. The fourth-order valence-electron chi connectivity index (χ4n) is 4.58. The van der Waals surface area contributed by atoms with Gasteiger partial charge in [-0.2, -0.15) is 15.2 Å². The summed E-state index contributed by atoms with van der Waals surface area (Å²) in [4.78, 5) is 21.1. The van der Waals surface area contributed by atoms with E-state index in [4.69, 9.17) is 14.2 Å². The van der Waals surface area contributed by atoms with E-state index in [9.17, 15) is 4.79 Å². The lowest BCUT2D eigenvalue weighted by Gasteiger charge is -2.29. The number of carbonyl (C=O) groups is 1. The van der Waals surface area contributed by atoms with E-state index in [1.54, 1.807) is 26.4 Å². The lowest BCUT2D eigenvalue weighted by molar-refractivity contribution is 0.0526. The van der Waals surface area contributed by atoms with Crippen LogP contribution in [0.3, 0.4) is 0 Å². The molecule has 1 fully saturated rings. The highest BCUT2D eigenvalue weighted by Crippen LogP contribution is 2.31. The van der Waals surface area contributed by atoms with Crippen LogP contribution >= 0.6 is 0 Å². The zero-order valence-electron chi connectivity index (χ0n) is 20.8. The molecule has 10 heteroatoms. The maximum Gasteiger partial charge on any atom is 0.341 e. The summed E-state index contributed by atoms with van der Waals surface area (Å²) in [5.41, 5.74) is 2.96. The van der Waals surface area contributed by atoms with Crippen molar-refractivity contribution in [3.05, 3.63) is 54.0 Å². The van der Waals surface area contributed by atoms with Crippen LogP contribution in [0.25, 0.3) is 17.0 Å². The normalized spacial score (nSPS) is 17.8. The second-order valence-corrected chi connectivity index (χ2v) is 9.06. The van der Waals surface area contributed by atoms with Crippen LogP contribution in [0.4, 0.5) is 0 Å². The molecule has 0 radical (unpaired) electrons. The fraction of sp³-hybridized carbons (Fsp3) is 0.423. The van der Waals surface area contributed by atoms with Gasteiger partial charge in [0, 0.05) is 12.7 Å².